The fraction of sp³-hybridized carbons (Fsp3) is 1.00. The van der Waals surface area contributed by atoms with Gasteiger partial charge in [-0.3, -0.25) is 0 Å². The van der Waals surface area contributed by atoms with Crippen LogP contribution in [0, 0.1) is 0 Å². The summed E-state index contributed by atoms with van der Waals surface area (Å²) in [7, 11) is 0. The Morgan fingerprint density at radius 2 is 0.833 bits per heavy atom. The molecule has 8 unspecified atom stereocenters. The van der Waals surface area contributed by atoms with E-state index in [0.717, 1.165) is 0 Å². The Bertz CT molecular complexity index is 1220. The normalized spacial score (nSPS) is 50.3. The van der Waals surface area contributed by atoms with Crippen LogP contribution in [0.5, 0.6) is 0 Å². The van der Waals surface area contributed by atoms with E-state index in [-0.39, 0.29) is 6.04 Å². The molecule has 4 heterocycles. The molecule has 24 heteroatoms. The fourth-order valence-corrected chi connectivity index (χ4v) is 7.15. The maximum Gasteiger partial charge on any atom is 0.187 e. The second kappa shape index (κ2) is 19.3. The van der Waals surface area contributed by atoms with Crippen LogP contribution in [0.4, 0.5) is 0 Å². The topological polar surface area (TPSA) is 386 Å². The zero-order chi connectivity index (χ0) is 39.4. The van der Waals surface area contributed by atoms with Gasteiger partial charge in [0, 0.05) is 11.0 Å². The quantitative estimate of drug-likeness (QED) is 0.0468. The molecule has 0 spiro atoms. The summed E-state index contributed by atoms with van der Waals surface area (Å²) in [5, 5.41) is 140. The van der Waals surface area contributed by atoms with Gasteiger partial charge in [0.1, 0.15) is 97.7 Å². The number of hydrogen-bond acceptors (Lipinski definition) is 22. The van der Waals surface area contributed by atoms with Crippen LogP contribution in [-0.2, 0) is 37.9 Å². The lowest BCUT2D eigenvalue weighted by molar-refractivity contribution is -0.404. The maximum absolute atomic E-state index is 11.4. The van der Waals surface area contributed by atoms with Crippen LogP contribution >= 0.6 is 0 Å². The van der Waals surface area contributed by atoms with E-state index in [9.17, 15) is 66.4 Å². The van der Waals surface area contributed by atoms with Crippen molar-refractivity contribution in [1.82, 2.24) is 0 Å². The first kappa shape index (κ1) is 43.6. The lowest BCUT2D eigenvalue weighted by Gasteiger charge is -2.50. The van der Waals surface area contributed by atoms with Crippen molar-refractivity contribution in [1.29, 1.82) is 0 Å². The van der Waals surface area contributed by atoms with Crippen molar-refractivity contribution in [3.05, 3.63) is 10.4 Å². The third-order valence-electron chi connectivity index (χ3n) is 10.4. The highest BCUT2D eigenvalue weighted by Crippen LogP contribution is 2.36. The average molecular weight is 790 g/mol. The Hall–Kier alpha value is -1.53. The van der Waals surface area contributed by atoms with E-state index in [1.54, 1.807) is 0 Å². The van der Waals surface area contributed by atoms with Crippen LogP contribution in [0.15, 0.2) is 5.11 Å². The largest absolute Gasteiger partial charge is 0.394 e. The van der Waals surface area contributed by atoms with E-state index in [0.29, 0.717) is 25.7 Å². The molecule has 5 aliphatic rings. The second-order valence-electron chi connectivity index (χ2n) is 13.9. The van der Waals surface area contributed by atoms with E-state index < -0.39 is 155 Å². The van der Waals surface area contributed by atoms with Gasteiger partial charge in [-0.2, -0.15) is 0 Å². The van der Waals surface area contributed by atoms with Crippen molar-refractivity contribution in [2.24, 2.45) is 5.11 Å². The number of aliphatic hydroxyl groups is 13. The third kappa shape index (κ3) is 9.26. The summed E-state index contributed by atoms with van der Waals surface area (Å²) in [6, 6.07) is -0.246. The van der Waals surface area contributed by atoms with Gasteiger partial charge in [0.2, 0.25) is 0 Å². The van der Waals surface area contributed by atoms with Crippen LogP contribution in [0.25, 0.3) is 10.4 Å². The smallest absolute Gasteiger partial charge is 0.187 e. The molecular weight excluding hydrogens is 738 g/mol. The molecule has 0 aromatic heterocycles. The van der Waals surface area contributed by atoms with Crippen molar-refractivity contribution in [2.45, 2.75) is 161 Å². The van der Waals surface area contributed by atoms with Gasteiger partial charge in [-0.05, 0) is 31.2 Å². The summed E-state index contributed by atoms with van der Waals surface area (Å²) in [6.07, 6.45) is -34.7. The Balaban J connectivity index is 1.39. The van der Waals surface area contributed by atoms with Gasteiger partial charge in [-0.15, -0.1) is 0 Å². The van der Waals surface area contributed by atoms with Crippen molar-refractivity contribution in [3.8, 4) is 0 Å². The molecule has 0 radical (unpaired) electrons. The Kier molecular flexibility index (Phi) is 15.6. The highest BCUT2D eigenvalue weighted by molar-refractivity contribution is 4.98. The summed E-state index contributed by atoms with van der Waals surface area (Å²) >= 11 is 0. The molecule has 54 heavy (non-hydrogen) atoms. The lowest BCUT2D eigenvalue weighted by atomic mass is 9.93. The van der Waals surface area contributed by atoms with Crippen LogP contribution < -0.4 is 0 Å². The lowest BCUT2D eigenvalue weighted by Crippen LogP contribution is -2.68. The Morgan fingerprint density at radius 1 is 0.444 bits per heavy atom. The molecule has 20 atom stereocenters. The van der Waals surface area contributed by atoms with Crippen LogP contribution in [0.2, 0.25) is 0 Å². The summed E-state index contributed by atoms with van der Waals surface area (Å²) in [6.45, 7) is -3.41. The van der Waals surface area contributed by atoms with E-state index in [2.05, 4.69) is 10.0 Å². The minimum Gasteiger partial charge on any atom is -0.394 e. The highest BCUT2D eigenvalue weighted by atomic mass is 16.8. The molecule has 5 rings (SSSR count). The minimum absolute atomic E-state index is 0.246. The standard InChI is InChI=1S/C30H51N3O21/c31-33-32-9-1-3-10(4-2-9)47-28-23(46)24(18(41)14(8-37)49-28)52-29-26(21(44)17(40)12(6-35)50-29)54-30-25(20(43)16(39)13(7-36)51-30)53-27-22(45)19(42)15(38)11(5-34)48-27/h9-30,34-46H,1-8H2/t9?,10?,11-,12-,13-,14?,15+,16+,17+,18+,19?,20?,21?,22?,23+,24?,25?,26?,27+,28+,29+,30+/m0/s1. The monoisotopic (exact) mass is 789 g/mol. The molecule has 4 aliphatic heterocycles. The number of nitrogens with zero attached hydrogens (tertiary/aromatic N) is 3. The molecule has 4 saturated heterocycles. The summed E-state index contributed by atoms with van der Waals surface area (Å²) in [5.74, 6) is 0. The predicted octanol–water partition coefficient (Wildman–Crippen LogP) is -7.10. The molecule has 1 aliphatic carbocycles. The van der Waals surface area contributed by atoms with Gasteiger partial charge in [0.15, 0.2) is 25.2 Å². The number of aliphatic hydroxyl groups excluding tert-OH is 13. The maximum atomic E-state index is 11.4. The van der Waals surface area contributed by atoms with E-state index in [1.165, 1.54) is 0 Å². The van der Waals surface area contributed by atoms with E-state index in [1.807, 2.05) is 0 Å². The summed E-state index contributed by atoms with van der Waals surface area (Å²) in [4.78, 5) is 2.82. The van der Waals surface area contributed by atoms with Gasteiger partial charge < -0.3 is 104 Å². The average Bonchev–Trinajstić information content (AvgIpc) is 3.17. The molecule has 0 aromatic rings. The molecule has 24 nitrogen and oxygen atoms in total. The van der Waals surface area contributed by atoms with E-state index in [4.69, 9.17) is 43.4 Å². The molecule has 0 aromatic carbocycles. The number of hydrogen-bond donors (Lipinski definition) is 13. The second-order valence-corrected chi connectivity index (χ2v) is 13.9. The third-order valence-corrected chi connectivity index (χ3v) is 10.4. The van der Waals surface area contributed by atoms with Crippen molar-refractivity contribution in [2.75, 3.05) is 26.4 Å². The molecule has 1 saturated carbocycles. The first-order valence-electron chi connectivity index (χ1n) is 17.6. The Morgan fingerprint density at radius 3 is 1.30 bits per heavy atom. The SMILES string of the molecule is [N-]=[N+]=NC1CCC(O[C@@H]2OC(CO)[C@@H](O)C(O[C@H]3O[C@@H](CO)[C@@H](O)C(O)C3O[C@H]3O[C@@H](CO)[C@@H](O)C(O)C3O[C@H]3O[C@@H](CO)[C@@H](O)C(O)C3O)[C@H]2O)CC1. The fourth-order valence-electron chi connectivity index (χ4n) is 7.15. The first-order chi connectivity index (χ1) is 25.8. The van der Waals surface area contributed by atoms with Crippen molar-refractivity contribution in [3.63, 3.8) is 0 Å². The molecule has 312 valence electrons. The van der Waals surface area contributed by atoms with Crippen LogP contribution in [-0.4, -0.2) is 228 Å². The van der Waals surface area contributed by atoms with Crippen molar-refractivity contribution >= 4 is 0 Å². The molecule has 0 bridgehead atoms. The van der Waals surface area contributed by atoms with E-state index >= 15 is 0 Å². The van der Waals surface area contributed by atoms with Crippen LogP contribution in [0.1, 0.15) is 25.7 Å². The number of ether oxygens (including phenoxy) is 8. The predicted molar refractivity (Wildman–Crippen MR) is 168 cm³/mol. The number of rotatable bonds is 13. The molecule has 5 fully saturated rings. The zero-order valence-electron chi connectivity index (χ0n) is 28.8. The minimum atomic E-state index is -2.03. The van der Waals surface area contributed by atoms with Gasteiger partial charge in [-0.1, -0.05) is 5.11 Å². The van der Waals surface area contributed by atoms with Gasteiger partial charge in [0.05, 0.1) is 32.5 Å². The highest BCUT2D eigenvalue weighted by Gasteiger charge is 2.56. The summed E-state index contributed by atoms with van der Waals surface area (Å²) in [5.41, 5.74) is 8.74. The van der Waals surface area contributed by atoms with Gasteiger partial charge in [0.25, 0.3) is 0 Å². The molecule has 0 amide bonds. The first-order valence-corrected chi connectivity index (χ1v) is 17.6. The van der Waals surface area contributed by atoms with Crippen molar-refractivity contribution < 1.29 is 104 Å². The molecular formula is C30H51N3O21. The summed E-state index contributed by atoms with van der Waals surface area (Å²) < 4.78 is 45.8. The number of azide groups is 1. The van der Waals surface area contributed by atoms with Crippen LogP contribution in [0.3, 0.4) is 0 Å². The zero-order valence-corrected chi connectivity index (χ0v) is 28.8. The van der Waals surface area contributed by atoms with Gasteiger partial charge in [-0.25, -0.2) is 0 Å². The van der Waals surface area contributed by atoms with Gasteiger partial charge >= 0.3 is 0 Å². The molecule has 13 N–H and O–H groups in total. The Labute approximate surface area is 307 Å².